The Kier molecular flexibility index (Phi) is 9.48. The molecule has 0 saturated heterocycles. The Morgan fingerprint density at radius 2 is 1.68 bits per heavy atom. The van der Waals surface area contributed by atoms with E-state index in [4.69, 9.17) is 11.5 Å². The molecule has 1 aliphatic rings. The molecule has 11 nitrogen and oxygen atoms in total. The van der Waals surface area contributed by atoms with E-state index in [0.717, 1.165) is 46.0 Å². The first-order valence-corrected chi connectivity index (χ1v) is 14.6. The van der Waals surface area contributed by atoms with Gasteiger partial charge in [-0.15, -0.1) is 22.6 Å². The van der Waals surface area contributed by atoms with Crippen molar-refractivity contribution in [1.29, 1.82) is 0 Å². The van der Waals surface area contributed by atoms with Crippen LogP contribution in [-0.2, 0) is 16.0 Å². The molecular formula is C32H36ClN9O2. The van der Waals surface area contributed by atoms with Crippen LogP contribution in [0.1, 0.15) is 36.8 Å². The molecule has 1 saturated carbocycles. The largest absolute Gasteiger partial charge is 0.330 e. The number of nitrogens with one attached hydrogen (secondary N) is 2. The van der Waals surface area contributed by atoms with Gasteiger partial charge in [-0.05, 0) is 109 Å². The fraction of sp³-hybridized carbons (Fsp3) is 0.312. The second kappa shape index (κ2) is 13.5. The SMILES string of the molecule is Cc1ccc2[nH]ncc2c1-c1ccc(C[C@H](N)C(=O)N(c2ccc(-c3nn[nH]n3)cc2)C(=O)[C@H]2CC[C@H](CN)CC2)cc1.Cl. The number of fused-ring (bicyclic) bond motifs is 1. The molecule has 6 N–H and O–H groups in total. The van der Waals surface area contributed by atoms with Gasteiger partial charge in [0.1, 0.15) is 0 Å². The highest BCUT2D eigenvalue weighted by Crippen LogP contribution is 2.33. The van der Waals surface area contributed by atoms with Crippen LogP contribution in [0, 0.1) is 18.8 Å². The minimum atomic E-state index is -0.911. The van der Waals surface area contributed by atoms with Crippen molar-refractivity contribution in [2.75, 3.05) is 11.4 Å². The molecule has 1 fully saturated rings. The van der Waals surface area contributed by atoms with Crippen molar-refractivity contribution in [2.24, 2.45) is 23.3 Å². The van der Waals surface area contributed by atoms with Gasteiger partial charge in [0.05, 0.1) is 23.4 Å². The van der Waals surface area contributed by atoms with Crippen LogP contribution in [0.2, 0.25) is 0 Å². The third-order valence-electron chi connectivity index (χ3n) is 8.55. The van der Waals surface area contributed by atoms with Crippen LogP contribution in [-0.4, -0.2) is 55.2 Å². The maximum atomic E-state index is 13.9. The second-order valence-corrected chi connectivity index (χ2v) is 11.3. The monoisotopic (exact) mass is 613 g/mol. The Bertz CT molecular complexity index is 1710. The number of tetrazole rings is 1. The topological polar surface area (TPSA) is 173 Å². The smallest absolute Gasteiger partial charge is 0.251 e. The van der Waals surface area contributed by atoms with E-state index in [1.165, 1.54) is 4.90 Å². The first kappa shape index (κ1) is 31.0. The lowest BCUT2D eigenvalue weighted by Crippen LogP contribution is -2.50. The van der Waals surface area contributed by atoms with Gasteiger partial charge < -0.3 is 11.5 Å². The molecule has 1 aliphatic carbocycles. The van der Waals surface area contributed by atoms with Gasteiger partial charge in [-0.1, -0.05) is 30.3 Å². The highest BCUT2D eigenvalue weighted by Gasteiger charge is 2.35. The molecule has 1 atom stereocenters. The Morgan fingerprint density at radius 3 is 2.34 bits per heavy atom. The molecule has 44 heavy (non-hydrogen) atoms. The zero-order chi connectivity index (χ0) is 29.9. The summed E-state index contributed by atoms with van der Waals surface area (Å²) in [6.45, 7) is 2.69. The molecule has 0 radical (unpaired) electrons. The lowest BCUT2D eigenvalue weighted by atomic mass is 9.81. The molecule has 228 valence electrons. The molecule has 2 aromatic heterocycles. The highest BCUT2D eigenvalue weighted by molar-refractivity contribution is 6.17. The number of nitrogens with zero attached hydrogens (tertiary/aromatic N) is 5. The third-order valence-corrected chi connectivity index (χ3v) is 8.55. The first-order valence-electron chi connectivity index (χ1n) is 14.6. The van der Waals surface area contributed by atoms with Gasteiger partial charge in [-0.2, -0.15) is 10.3 Å². The van der Waals surface area contributed by atoms with Crippen molar-refractivity contribution in [3.05, 3.63) is 78.0 Å². The van der Waals surface area contributed by atoms with Crippen LogP contribution in [0.15, 0.2) is 66.9 Å². The van der Waals surface area contributed by atoms with E-state index in [9.17, 15) is 9.59 Å². The second-order valence-electron chi connectivity index (χ2n) is 11.3. The van der Waals surface area contributed by atoms with Gasteiger partial charge >= 0.3 is 0 Å². The maximum Gasteiger partial charge on any atom is 0.251 e. The summed E-state index contributed by atoms with van der Waals surface area (Å²) in [5, 5.41) is 22.3. The number of benzene rings is 3. The van der Waals surface area contributed by atoms with E-state index in [2.05, 4.69) is 43.8 Å². The van der Waals surface area contributed by atoms with Crippen molar-refractivity contribution >= 4 is 40.8 Å². The fourth-order valence-electron chi connectivity index (χ4n) is 6.06. The maximum absolute atomic E-state index is 13.9. The first-order chi connectivity index (χ1) is 20.9. The number of carbonyl (C=O) groups is 2. The van der Waals surface area contributed by atoms with Crippen LogP contribution < -0.4 is 16.4 Å². The number of aryl methyl sites for hydroxylation is 1. The minimum Gasteiger partial charge on any atom is -0.330 e. The third kappa shape index (κ3) is 6.26. The van der Waals surface area contributed by atoms with Gasteiger partial charge in [0.25, 0.3) is 5.91 Å². The van der Waals surface area contributed by atoms with Gasteiger partial charge in [0.2, 0.25) is 11.7 Å². The molecule has 0 bridgehead atoms. The molecule has 3 aromatic carbocycles. The number of aromatic amines is 2. The normalized spacial score (nSPS) is 17.2. The predicted octanol–water partition coefficient (Wildman–Crippen LogP) is 4.33. The van der Waals surface area contributed by atoms with E-state index >= 15 is 0 Å². The number of aromatic nitrogens is 6. The zero-order valence-corrected chi connectivity index (χ0v) is 25.3. The molecule has 0 spiro atoms. The van der Waals surface area contributed by atoms with Crippen molar-refractivity contribution < 1.29 is 9.59 Å². The summed E-state index contributed by atoms with van der Waals surface area (Å²) >= 11 is 0. The Morgan fingerprint density at radius 1 is 0.977 bits per heavy atom. The zero-order valence-electron chi connectivity index (χ0n) is 24.4. The Hall–Kier alpha value is -4.45. The molecule has 2 amide bonds. The van der Waals surface area contributed by atoms with Crippen LogP contribution in [0.25, 0.3) is 33.4 Å². The van der Waals surface area contributed by atoms with Crippen LogP contribution in [0.4, 0.5) is 5.69 Å². The summed E-state index contributed by atoms with van der Waals surface area (Å²) in [5.74, 6) is -0.0697. The van der Waals surface area contributed by atoms with Gasteiger partial charge in [0.15, 0.2) is 0 Å². The number of hydrogen-bond acceptors (Lipinski definition) is 8. The quantitative estimate of drug-likeness (QED) is 0.200. The summed E-state index contributed by atoms with van der Waals surface area (Å²) in [6.07, 6.45) is 5.27. The number of H-pyrrole nitrogens is 2. The molecule has 0 aliphatic heterocycles. The van der Waals surface area contributed by atoms with E-state index in [1.807, 2.05) is 36.5 Å². The number of rotatable bonds is 8. The fourth-order valence-corrected chi connectivity index (χ4v) is 6.06. The van der Waals surface area contributed by atoms with Crippen LogP contribution in [0.5, 0.6) is 0 Å². The van der Waals surface area contributed by atoms with Gasteiger partial charge in [-0.25, -0.2) is 4.90 Å². The number of nitrogens with two attached hydrogens (primary N) is 2. The Labute approximate surface area is 261 Å². The van der Waals surface area contributed by atoms with Crippen molar-refractivity contribution in [3.8, 4) is 22.5 Å². The standard InChI is InChI=1S/C32H35N9O2.ClH/c1-19-2-15-28-26(18-35-36-28)29(19)22-7-3-20(4-8-22)16-27(34)32(43)41(31(42)24-9-5-21(17-33)6-10-24)25-13-11-23(12-14-25)30-37-39-40-38-30;/h2-4,7-8,11-15,18,21,24,27H,5-6,9-10,16-17,33-34H2,1H3,(H,35,36)(H,37,38,39,40);1H/t21-,24-,27-;/m0./s1. The molecule has 6 rings (SSSR count). The summed E-state index contributed by atoms with van der Waals surface area (Å²) in [7, 11) is 0. The Balaban J connectivity index is 0.00000384. The van der Waals surface area contributed by atoms with Gasteiger partial charge in [-0.3, -0.25) is 14.7 Å². The number of carbonyl (C=O) groups excluding carboxylic acids is 2. The summed E-state index contributed by atoms with van der Waals surface area (Å²) in [4.78, 5) is 29.1. The van der Waals surface area contributed by atoms with Crippen LogP contribution in [0.3, 0.4) is 0 Å². The lowest BCUT2D eigenvalue weighted by molar-refractivity contribution is -0.130. The van der Waals surface area contributed by atoms with Gasteiger partial charge in [0, 0.05) is 16.9 Å². The highest BCUT2D eigenvalue weighted by atomic mass is 35.5. The molecular weight excluding hydrogens is 578 g/mol. The minimum absolute atomic E-state index is 0. The average Bonchev–Trinajstić information content (AvgIpc) is 3.75. The summed E-state index contributed by atoms with van der Waals surface area (Å²) < 4.78 is 0. The number of halogens is 1. The number of amides is 2. The lowest BCUT2D eigenvalue weighted by Gasteiger charge is -2.32. The van der Waals surface area contributed by atoms with E-state index in [0.29, 0.717) is 48.8 Å². The van der Waals surface area contributed by atoms with Crippen molar-refractivity contribution in [3.63, 3.8) is 0 Å². The summed E-state index contributed by atoms with van der Waals surface area (Å²) in [6, 6.07) is 18.2. The molecule has 5 aromatic rings. The molecule has 0 unspecified atom stereocenters. The van der Waals surface area contributed by atoms with Crippen molar-refractivity contribution in [1.82, 2.24) is 30.8 Å². The number of hydrogen-bond donors (Lipinski definition) is 4. The average molecular weight is 614 g/mol. The molecule has 2 heterocycles. The number of imide groups is 1. The van der Waals surface area contributed by atoms with Crippen molar-refractivity contribution in [2.45, 2.75) is 45.1 Å². The van der Waals surface area contributed by atoms with E-state index in [-0.39, 0.29) is 24.2 Å². The molecule has 12 heteroatoms. The van der Waals surface area contributed by atoms with E-state index < -0.39 is 11.9 Å². The predicted molar refractivity (Wildman–Crippen MR) is 172 cm³/mol. The van der Waals surface area contributed by atoms with E-state index in [1.54, 1.807) is 24.3 Å². The number of anilines is 1. The summed E-state index contributed by atoms with van der Waals surface area (Å²) in [5.41, 5.74) is 18.8. The van der Waals surface area contributed by atoms with Crippen LogP contribution >= 0.6 is 12.4 Å².